The van der Waals surface area contributed by atoms with Crippen molar-refractivity contribution < 1.29 is 4.74 Å². The Morgan fingerprint density at radius 1 is 1.50 bits per heavy atom. The van der Waals surface area contributed by atoms with Gasteiger partial charge in [-0.3, -0.25) is 0 Å². The molecule has 0 aliphatic heterocycles. The number of hydrogen-bond donors (Lipinski definition) is 1. The van der Waals surface area contributed by atoms with Gasteiger partial charge in [0.2, 0.25) is 0 Å². The SMILES string of the molecule is C=C(C)CCOc1c(Cl)cccc1CC(N)CC. The Bertz CT molecular complexity index is 403. The zero-order chi connectivity index (χ0) is 13.5. The third-order valence-electron chi connectivity index (χ3n) is 2.83. The maximum Gasteiger partial charge on any atom is 0.141 e. The van der Waals surface area contributed by atoms with Crippen molar-refractivity contribution in [3.05, 3.63) is 40.9 Å². The highest BCUT2D eigenvalue weighted by atomic mass is 35.5. The molecule has 1 aromatic carbocycles. The molecule has 0 amide bonds. The molecule has 100 valence electrons. The van der Waals surface area contributed by atoms with E-state index in [9.17, 15) is 0 Å². The molecule has 2 N–H and O–H groups in total. The third-order valence-corrected chi connectivity index (χ3v) is 3.13. The minimum Gasteiger partial charge on any atom is -0.491 e. The summed E-state index contributed by atoms with van der Waals surface area (Å²) in [4.78, 5) is 0. The Morgan fingerprint density at radius 2 is 2.22 bits per heavy atom. The maximum absolute atomic E-state index is 6.18. The minimum absolute atomic E-state index is 0.145. The Kier molecular flexibility index (Phi) is 6.23. The van der Waals surface area contributed by atoms with Gasteiger partial charge in [0.05, 0.1) is 11.6 Å². The normalized spacial score (nSPS) is 12.2. The van der Waals surface area contributed by atoms with Crippen molar-refractivity contribution in [3.8, 4) is 5.75 Å². The van der Waals surface area contributed by atoms with Crippen molar-refractivity contribution in [3.63, 3.8) is 0 Å². The largest absolute Gasteiger partial charge is 0.491 e. The first-order valence-corrected chi connectivity index (χ1v) is 6.72. The lowest BCUT2D eigenvalue weighted by Gasteiger charge is -2.15. The highest BCUT2D eigenvalue weighted by molar-refractivity contribution is 6.32. The first kappa shape index (κ1) is 15.1. The molecular formula is C15H22ClNO. The van der Waals surface area contributed by atoms with Crippen LogP contribution in [-0.4, -0.2) is 12.6 Å². The highest BCUT2D eigenvalue weighted by Gasteiger charge is 2.11. The molecule has 1 unspecified atom stereocenters. The monoisotopic (exact) mass is 267 g/mol. The average Bonchev–Trinajstić information content (AvgIpc) is 2.32. The summed E-state index contributed by atoms with van der Waals surface area (Å²) in [6, 6.07) is 5.95. The van der Waals surface area contributed by atoms with Crippen molar-refractivity contribution in [2.45, 2.75) is 39.2 Å². The van der Waals surface area contributed by atoms with E-state index >= 15 is 0 Å². The molecular weight excluding hydrogens is 246 g/mol. The number of nitrogens with two attached hydrogens (primary N) is 1. The van der Waals surface area contributed by atoms with Crippen molar-refractivity contribution in [2.75, 3.05) is 6.61 Å². The Hall–Kier alpha value is -0.990. The van der Waals surface area contributed by atoms with Crippen LogP contribution in [0.1, 0.15) is 32.3 Å². The standard InChI is InChI=1S/C15H22ClNO/c1-4-13(17)10-12-6-5-7-14(16)15(12)18-9-8-11(2)3/h5-7,13H,2,4,8-10,17H2,1,3H3. The topological polar surface area (TPSA) is 35.2 Å². The molecule has 0 radical (unpaired) electrons. The fourth-order valence-electron chi connectivity index (χ4n) is 1.63. The third kappa shape index (κ3) is 4.71. The molecule has 0 aromatic heterocycles. The maximum atomic E-state index is 6.18. The minimum atomic E-state index is 0.145. The van der Waals surface area contributed by atoms with Crippen LogP contribution >= 0.6 is 11.6 Å². The second-order valence-corrected chi connectivity index (χ2v) is 5.06. The smallest absolute Gasteiger partial charge is 0.141 e. The number of ether oxygens (including phenoxy) is 1. The van der Waals surface area contributed by atoms with Gasteiger partial charge in [-0.15, -0.1) is 6.58 Å². The summed E-state index contributed by atoms with van der Waals surface area (Å²) in [5.41, 5.74) is 8.18. The number of benzene rings is 1. The van der Waals surface area contributed by atoms with Crippen molar-refractivity contribution >= 4 is 11.6 Å². The van der Waals surface area contributed by atoms with Crippen LogP contribution in [0.25, 0.3) is 0 Å². The summed E-state index contributed by atoms with van der Waals surface area (Å²) < 4.78 is 5.78. The molecule has 0 heterocycles. The van der Waals surface area contributed by atoms with Gasteiger partial charge < -0.3 is 10.5 Å². The molecule has 1 atom stereocenters. The summed E-state index contributed by atoms with van der Waals surface area (Å²) >= 11 is 6.18. The second kappa shape index (κ2) is 7.45. The summed E-state index contributed by atoms with van der Waals surface area (Å²) in [6.07, 6.45) is 2.57. The van der Waals surface area contributed by atoms with E-state index in [1.165, 1.54) is 0 Å². The fourth-order valence-corrected chi connectivity index (χ4v) is 1.88. The Labute approximate surface area is 115 Å². The van der Waals surface area contributed by atoms with Gasteiger partial charge in [0, 0.05) is 12.5 Å². The van der Waals surface area contributed by atoms with E-state index in [4.69, 9.17) is 22.1 Å². The quantitative estimate of drug-likeness (QED) is 0.759. The van der Waals surface area contributed by atoms with E-state index in [2.05, 4.69) is 13.5 Å². The van der Waals surface area contributed by atoms with Gasteiger partial charge in [-0.25, -0.2) is 0 Å². The van der Waals surface area contributed by atoms with Crippen LogP contribution in [0.5, 0.6) is 5.75 Å². The van der Waals surface area contributed by atoms with Gasteiger partial charge in [0.15, 0.2) is 0 Å². The number of para-hydroxylation sites is 1. The van der Waals surface area contributed by atoms with E-state index in [0.717, 1.165) is 36.1 Å². The van der Waals surface area contributed by atoms with E-state index in [1.807, 2.05) is 25.1 Å². The zero-order valence-corrected chi connectivity index (χ0v) is 12.0. The molecule has 1 rings (SSSR count). The van der Waals surface area contributed by atoms with Crippen LogP contribution in [-0.2, 0) is 6.42 Å². The van der Waals surface area contributed by atoms with E-state index in [1.54, 1.807) is 0 Å². The highest BCUT2D eigenvalue weighted by Crippen LogP contribution is 2.30. The van der Waals surface area contributed by atoms with Crippen LogP contribution in [0.2, 0.25) is 5.02 Å². The Morgan fingerprint density at radius 3 is 2.83 bits per heavy atom. The summed E-state index contributed by atoms with van der Waals surface area (Å²) in [6.45, 7) is 8.53. The van der Waals surface area contributed by atoms with Crippen molar-refractivity contribution in [1.82, 2.24) is 0 Å². The van der Waals surface area contributed by atoms with Gasteiger partial charge in [0.25, 0.3) is 0 Å². The lowest BCUT2D eigenvalue weighted by atomic mass is 10.0. The first-order chi connectivity index (χ1) is 8.54. The predicted molar refractivity (Wildman–Crippen MR) is 78.3 cm³/mol. The van der Waals surface area contributed by atoms with Crippen LogP contribution in [0.15, 0.2) is 30.4 Å². The van der Waals surface area contributed by atoms with Crippen LogP contribution < -0.4 is 10.5 Å². The molecule has 3 heteroatoms. The summed E-state index contributed by atoms with van der Waals surface area (Å²) in [5.74, 6) is 0.768. The van der Waals surface area contributed by atoms with E-state index in [-0.39, 0.29) is 6.04 Å². The molecule has 2 nitrogen and oxygen atoms in total. The zero-order valence-electron chi connectivity index (χ0n) is 11.2. The number of rotatable bonds is 7. The molecule has 0 bridgehead atoms. The van der Waals surface area contributed by atoms with Crippen LogP contribution in [0.4, 0.5) is 0 Å². The molecule has 0 saturated heterocycles. The van der Waals surface area contributed by atoms with Gasteiger partial charge in [-0.1, -0.05) is 36.2 Å². The molecule has 0 aliphatic rings. The number of hydrogen-bond acceptors (Lipinski definition) is 2. The van der Waals surface area contributed by atoms with Crippen molar-refractivity contribution in [1.29, 1.82) is 0 Å². The average molecular weight is 268 g/mol. The number of halogens is 1. The molecule has 0 spiro atoms. The molecule has 18 heavy (non-hydrogen) atoms. The van der Waals surface area contributed by atoms with Crippen LogP contribution in [0, 0.1) is 0 Å². The van der Waals surface area contributed by atoms with Gasteiger partial charge in [0.1, 0.15) is 5.75 Å². The van der Waals surface area contributed by atoms with E-state index < -0.39 is 0 Å². The lowest BCUT2D eigenvalue weighted by molar-refractivity contribution is 0.317. The second-order valence-electron chi connectivity index (χ2n) is 4.66. The first-order valence-electron chi connectivity index (χ1n) is 6.34. The van der Waals surface area contributed by atoms with Crippen molar-refractivity contribution in [2.24, 2.45) is 5.73 Å². The summed E-state index contributed by atoms with van der Waals surface area (Å²) in [5, 5.41) is 0.650. The predicted octanol–water partition coefficient (Wildman–Crippen LogP) is 3.96. The van der Waals surface area contributed by atoms with E-state index in [0.29, 0.717) is 11.6 Å². The van der Waals surface area contributed by atoms with Crippen LogP contribution in [0.3, 0.4) is 0 Å². The molecule has 1 aromatic rings. The molecule has 0 fully saturated rings. The fraction of sp³-hybridized carbons (Fsp3) is 0.467. The lowest BCUT2D eigenvalue weighted by Crippen LogP contribution is -2.21. The van der Waals surface area contributed by atoms with Gasteiger partial charge in [-0.2, -0.15) is 0 Å². The molecule has 0 aliphatic carbocycles. The van der Waals surface area contributed by atoms with Gasteiger partial charge in [-0.05, 0) is 31.4 Å². The van der Waals surface area contributed by atoms with Gasteiger partial charge >= 0.3 is 0 Å². The molecule has 0 saturated carbocycles. The summed E-state index contributed by atoms with van der Waals surface area (Å²) in [7, 11) is 0. The Balaban J connectivity index is 2.76.